The molecule has 13 aromatic rings. The molecule has 5 heteroatoms. The molecule has 9 aromatic carbocycles. The Labute approximate surface area is 354 Å². The Bertz CT molecular complexity index is 3860. The van der Waals surface area contributed by atoms with Crippen LogP contribution in [0.2, 0.25) is 0 Å². The second kappa shape index (κ2) is 13.3. The maximum absolute atomic E-state index is 5.47. The molecular weight excluding hydrogens is 761 g/mol. The highest BCUT2D eigenvalue weighted by molar-refractivity contribution is 7.21. The lowest BCUT2D eigenvalue weighted by molar-refractivity contribution is 1.02. The first kappa shape index (κ1) is 34.0. The van der Waals surface area contributed by atoms with Gasteiger partial charge in [0.1, 0.15) is 4.83 Å². The van der Waals surface area contributed by atoms with E-state index in [0.717, 1.165) is 49.1 Å². The fraction of sp³-hybridized carbons (Fsp3) is 0. The molecule has 4 aromatic heterocycles. The summed E-state index contributed by atoms with van der Waals surface area (Å²) in [6.07, 6.45) is 0. The number of benzene rings is 9. The zero-order chi connectivity index (χ0) is 40.0. The number of hydrogen-bond acceptors (Lipinski definition) is 3. The molecule has 0 amide bonds. The Morgan fingerprint density at radius 1 is 0.361 bits per heavy atom. The highest BCUT2D eigenvalue weighted by Crippen LogP contribution is 2.44. The van der Waals surface area contributed by atoms with Crippen molar-refractivity contribution in [1.82, 2.24) is 19.1 Å². The minimum atomic E-state index is 0.662. The third kappa shape index (κ3) is 5.24. The molecule has 0 unspecified atom stereocenters. The molecule has 0 radical (unpaired) electrons. The first-order valence-electron chi connectivity index (χ1n) is 20.7. The summed E-state index contributed by atoms with van der Waals surface area (Å²) in [6.45, 7) is 0. The van der Waals surface area contributed by atoms with E-state index in [9.17, 15) is 0 Å². The third-order valence-corrected chi connectivity index (χ3v) is 13.4. The maximum atomic E-state index is 5.47. The van der Waals surface area contributed by atoms with Crippen molar-refractivity contribution in [2.75, 3.05) is 0 Å². The highest BCUT2D eigenvalue weighted by Gasteiger charge is 2.22. The molecule has 0 saturated heterocycles. The van der Waals surface area contributed by atoms with Gasteiger partial charge in [-0.2, -0.15) is 0 Å². The maximum Gasteiger partial charge on any atom is 0.236 e. The minimum Gasteiger partial charge on any atom is -0.309 e. The SMILES string of the molecule is c1ccc(-c2cc3c(-c4ccccc4)nc(-n4c5ccc(-c6cccc7c6c6c8ccccc8ccc6n7-c6ccccc6)cc5c5cc6ccccc6cc54)nc3s2)cc1. The molecule has 4 heterocycles. The van der Waals surface area contributed by atoms with E-state index < -0.39 is 0 Å². The molecule has 0 bridgehead atoms. The lowest BCUT2D eigenvalue weighted by Crippen LogP contribution is -2.02. The van der Waals surface area contributed by atoms with Crippen LogP contribution in [0.25, 0.3) is 120 Å². The average Bonchev–Trinajstić information content (AvgIpc) is 4.01. The van der Waals surface area contributed by atoms with Gasteiger partial charge in [-0.3, -0.25) is 4.57 Å². The van der Waals surface area contributed by atoms with Crippen molar-refractivity contribution in [3.05, 3.63) is 206 Å². The number of aromatic nitrogens is 4. The first-order valence-corrected chi connectivity index (χ1v) is 21.5. The molecule has 0 aliphatic heterocycles. The van der Waals surface area contributed by atoms with Crippen molar-refractivity contribution in [3.8, 4) is 44.5 Å². The summed E-state index contributed by atoms with van der Waals surface area (Å²) in [4.78, 5) is 13.0. The third-order valence-electron chi connectivity index (χ3n) is 12.3. The molecule has 284 valence electrons. The van der Waals surface area contributed by atoms with Gasteiger partial charge in [-0.15, -0.1) is 11.3 Å². The Hall–Kier alpha value is -7.86. The van der Waals surface area contributed by atoms with Crippen LogP contribution in [0, 0.1) is 0 Å². The largest absolute Gasteiger partial charge is 0.309 e. The summed E-state index contributed by atoms with van der Waals surface area (Å²) in [5.74, 6) is 0.662. The topological polar surface area (TPSA) is 35.6 Å². The van der Waals surface area contributed by atoms with Crippen LogP contribution < -0.4 is 0 Å². The number of rotatable bonds is 5. The van der Waals surface area contributed by atoms with Crippen LogP contribution in [0.4, 0.5) is 0 Å². The van der Waals surface area contributed by atoms with Crippen LogP contribution in [0.3, 0.4) is 0 Å². The van der Waals surface area contributed by atoms with E-state index in [1.165, 1.54) is 64.7 Å². The average molecular weight is 795 g/mol. The summed E-state index contributed by atoms with van der Waals surface area (Å²) in [5, 5.41) is 10.8. The van der Waals surface area contributed by atoms with Gasteiger partial charge in [0.15, 0.2) is 0 Å². The zero-order valence-corrected chi connectivity index (χ0v) is 33.6. The van der Waals surface area contributed by atoms with Crippen LogP contribution in [-0.4, -0.2) is 19.1 Å². The van der Waals surface area contributed by atoms with Crippen LogP contribution in [0.15, 0.2) is 206 Å². The summed E-state index contributed by atoms with van der Waals surface area (Å²) in [7, 11) is 0. The van der Waals surface area contributed by atoms with Gasteiger partial charge in [0.2, 0.25) is 5.95 Å². The van der Waals surface area contributed by atoms with E-state index >= 15 is 0 Å². The standard InChI is InChI=1S/C56H34N4S/c1-4-16-36(17-5-1)51-34-46-54(37-18-6-2-7-19-37)57-56(58-55(46)61-51)60-47-29-28-40(32-44(47)45-31-38-20-10-11-21-39(38)33-50(45)60)43-25-14-26-48-53(43)52-42-24-13-12-15-35(42)27-30-49(52)59(48)41-22-8-3-9-23-41/h1-34H. The number of para-hydroxylation sites is 1. The molecule has 0 aliphatic carbocycles. The molecule has 0 spiro atoms. The molecule has 13 rings (SSSR count). The molecule has 0 fully saturated rings. The quantitative estimate of drug-likeness (QED) is 0.174. The van der Waals surface area contributed by atoms with Crippen molar-refractivity contribution in [3.63, 3.8) is 0 Å². The van der Waals surface area contributed by atoms with Gasteiger partial charge >= 0.3 is 0 Å². The zero-order valence-electron chi connectivity index (χ0n) is 32.8. The van der Waals surface area contributed by atoms with Gasteiger partial charge in [-0.25, -0.2) is 9.97 Å². The summed E-state index contributed by atoms with van der Waals surface area (Å²) >= 11 is 1.72. The summed E-state index contributed by atoms with van der Waals surface area (Å²) in [5.41, 5.74) is 11.2. The van der Waals surface area contributed by atoms with Crippen molar-refractivity contribution >= 4 is 86.7 Å². The number of thiophene rings is 1. The van der Waals surface area contributed by atoms with Crippen LogP contribution in [-0.2, 0) is 0 Å². The molecule has 0 saturated carbocycles. The van der Waals surface area contributed by atoms with E-state index in [-0.39, 0.29) is 0 Å². The molecule has 0 aliphatic rings. The summed E-state index contributed by atoms with van der Waals surface area (Å²) in [6, 6.07) is 74.4. The predicted octanol–water partition coefficient (Wildman–Crippen LogP) is 15.2. The van der Waals surface area contributed by atoms with Crippen molar-refractivity contribution < 1.29 is 0 Å². The number of hydrogen-bond donors (Lipinski definition) is 0. The van der Waals surface area contributed by atoms with E-state index in [1.54, 1.807) is 11.3 Å². The fourth-order valence-corrected chi connectivity index (χ4v) is 10.6. The van der Waals surface area contributed by atoms with Crippen LogP contribution >= 0.6 is 11.3 Å². The highest BCUT2D eigenvalue weighted by atomic mass is 32.1. The predicted molar refractivity (Wildman–Crippen MR) is 257 cm³/mol. The van der Waals surface area contributed by atoms with E-state index in [4.69, 9.17) is 9.97 Å². The van der Waals surface area contributed by atoms with Crippen molar-refractivity contribution in [2.45, 2.75) is 0 Å². The molecule has 0 atom stereocenters. The minimum absolute atomic E-state index is 0.662. The van der Waals surface area contributed by atoms with Gasteiger partial charge in [0, 0.05) is 43.1 Å². The molecule has 61 heavy (non-hydrogen) atoms. The number of fused-ring (bicyclic) bond motifs is 10. The number of nitrogens with zero attached hydrogens (tertiary/aromatic N) is 4. The van der Waals surface area contributed by atoms with E-state index in [1.807, 2.05) is 0 Å². The second-order valence-corrected chi connectivity index (χ2v) is 16.8. The van der Waals surface area contributed by atoms with Crippen LogP contribution in [0.1, 0.15) is 0 Å². The van der Waals surface area contributed by atoms with Crippen molar-refractivity contribution in [2.24, 2.45) is 0 Å². The van der Waals surface area contributed by atoms with Gasteiger partial charge in [-0.05, 0) is 92.8 Å². The van der Waals surface area contributed by atoms with Crippen molar-refractivity contribution in [1.29, 1.82) is 0 Å². The lowest BCUT2D eigenvalue weighted by Gasteiger charge is -2.11. The second-order valence-electron chi connectivity index (χ2n) is 15.8. The summed E-state index contributed by atoms with van der Waals surface area (Å²) < 4.78 is 4.70. The van der Waals surface area contributed by atoms with E-state index in [2.05, 4.69) is 215 Å². The molecule has 0 N–H and O–H groups in total. The van der Waals surface area contributed by atoms with Gasteiger partial charge in [0.25, 0.3) is 0 Å². The van der Waals surface area contributed by atoms with Gasteiger partial charge < -0.3 is 4.57 Å². The van der Waals surface area contributed by atoms with Gasteiger partial charge in [0.05, 0.1) is 27.8 Å². The lowest BCUT2D eigenvalue weighted by atomic mass is 9.95. The Morgan fingerprint density at radius 2 is 1.02 bits per heavy atom. The normalized spacial score (nSPS) is 11.9. The smallest absolute Gasteiger partial charge is 0.236 e. The Kier molecular flexibility index (Phi) is 7.44. The molecule has 4 nitrogen and oxygen atoms in total. The molecular formula is C56H34N4S. The fourth-order valence-electron chi connectivity index (χ4n) is 9.58. The van der Waals surface area contributed by atoms with Crippen LogP contribution in [0.5, 0.6) is 0 Å². The monoisotopic (exact) mass is 794 g/mol. The van der Waals surface area contributed by atoms with E-state index in [0.29, 0.717) is 5.95 Å². The Morgan fingerprint density at radius 3 is 1.82 bits per heavy atom. The van der Waals surface area contributed by atoms with Gasteiger partial charge in [-0.1, -0.05) is 152 Å². The first-order chi connectivity index (χ1) is 30.2. The Balaban J connectivity index is 1.10.